The van der Waals surface area contributed by atoms with Gasteiger partial charge in [0, 0.05) is 16.6 Å². The van der Waals surface area contributed by atoms with Gasteiger partial charge in [-0.2, -0.15) is 0 Å². The number of anilines is 1. The Hall–Kier alpha value is -0.940. The molecule has 0 aliphatic rings. The van der Waals surface area contributed by atoms with Crippen molar-refractivity contribution in [1.82, 2.24) is 5.32 Å². The van der Waals surface area contributed by atoms with Crippen molar-refractivity contribution in [2.45, 2.75) is 26.2 Å². The lowest BCUT2D eigenvalue weighted by Gasteiger charge is -2.09. The van der Waals surface area contributed by atoms with Gasteiger partial charge in [-0.1, -0.05) is 29.3 Å². The molecule has 5 heteroatoms. The molecular weight excluding hydrogens is 300 g/mol. The van der Waals surface area contributed by atoms with E-state index in [1.807, 2.05) is 31.2 Å². The largest absolute Gasteiger partial charge is 0.332 e. The highest BCUT2D eigenvalue weighted by Crippen LogP contribution is 2.13. The van der Waals surface area contributed by atoms with E-state index in [2.05, 4.69) is 26.6 Å². The first-order chi connectivity index (χ1) is 8.11. The zero-order chi connectivity index (χ0) is 12.7. The van der Waals surface area contributed by atoms with E-state index in [-0.39, 0.29) is 5.91 Å². The first-order valence-corrected chi connectivity index (χ1v) is 6.68. The Labute approximate surface area is 115 Å². The number of carbonyl (C=O) groups is 1. The molecule has 0 unspecified atom stereocenters. The lowest BCUT2D eigenvalue weighted by atomic mass is 10.2. The first-order valence-electron chi connectivity index (χ1n) is 5.48. The Bertz CT molecular complexity index is 392. The Morgan fingerprint density at radius 2 is 2.00 bits per heavy atom. The van der Waals surface area contributed by atoms with E-state index in [0.29, 0.717) is 11.5 Å². The topological polar surface area (TPSA) is 41.1 Å². The van der Waals surface area contributed by atoms with E-state index in [9.17, 15) is 4.79 Å². The second-order valence-electron chi connectivity index (χ2n) is 3.61. The third-order valence-corrected chi connectivity index (χ3v) is 2.85. The molecule has 1 aromatic carbocycles. The highest BCUT2D eigenvalue weighted by atomic mass is 79.9. The summed E-state index contributed by atoms with van der Waals surface area (Å²) in [6.45, 7) is 2.05. The van der Waals surface area contributed by atoms with Crippen molar-refractivity contribution in [2.24, 2.45) is 0 Å². The summed E-state index contributed by atoms with van der Waals surface area (Å²) in [5.74, 6) is -0.0403. The summed E-state index contributed by atoms with van der Waals surface area (Å²) in [5.41, 5.74) is 0.856. The van der Waals surface area contributed by atoms with Crippen LogP contribution >= 0.6 is 28.1 Å². The van der Waals surface area contributed by atoms with Crippen LogP contribution in [0.3, 0.4) is 0 Å². The molecule has 0 radical (unpaired) electrons. The van der Waals surface area contributed by atoms with E-state index < -0.39 is 0 Å². The maximum atomic E-state index is 11.4. The summed E-state index contributed by atoms with van der Waals surface area (Å²) in [6.07, 6.45) is 2.39. The fourth-order valence-corrected chi connectivity index (χ4v) is 1.72. The van der Waals surface area contributed by atoms with E-state index in [1.165, 1.54) is 0 Å². The van der Waals surface area contributed by atoms with Crippen LogP contribution in [0.1, 0.15) is 26.2 Å². The molecule has 0 heterocycles. The van der Waals surface area contributed by atoms with Crippen LogP contribution in [0.4, 0.5) is 5.69 Å². The van der Waals surface area contributed by atoms with Gasteiger partial charge in [0.15, 0.2) is 5.11 Å². The number of rotatable bonds is 4. The van der Waals surface area contributed by atoms with Crippen LogP contribution in [-0.2, 0) is 4.79 Å². The molecule has 0 aliphatic heterocycles. The number of halogens is 1. The molecule has 0 atom stereocenters. The number of benzene rings is 1. The quantitative estimate of drug-likeness (QED) is 0.836. The smallest absolute Gasteiger partial charge is 0.226 e. The number of unbranched alkanes of at least 4 members (excludes halogenated alkanes) is 1. The lowest BCUT2D eigenvalue weighted by Crippen LogP contribution is -2.33. The van der Waals surface area contributed by atoms with Gasteiger partial charge in [-0.3, -0.25) is 4.79 Å². The molecule has 2 N–H and O–H groups in total. The molecule has 1 amide bonds. The molecule has 0 saturated heterocycles. The molecule has 0 saturated carbocycles. The number of hydrogen-bond acceptors (Lipinski definition) is 2. The second-order valence-corrected chi connectivity index (χ2v) is 4.94. The number of hydrogen-bond donors (Lipinski definition) is 2. The van der Waals surface area contributed by atoms with Gasteiger partial charge in [0.05, 0.1) is 0 Å². The van der Waals surface area contributed by atoms with Crippen LogP contribution in [0.25, 0.3) is 0 Å². The van der Waals surface area contributed by atoms with E-state index >= 15 is 0 Å². The number of amides is 1. The van der Waals surface area contributed by atoms with Crippen LogP contribution in [0.15, 0.2) is 28.7 Å². The molecule has 17 heavy (non-hydrogen) atoms. The molecular formula is C12H15BrN2OS. The SMILES string of the molecule is CCCCC(=O)NC(=S)Nc1ccc(Br)cc1. The van der Waals surface area contributed by atoms with Gasteiger partial charge < -0.3 is 10.6 Å². The third kappa shape index (κ3) is 5.79. The van der Waals surface area contributed by atoms with Crippen molar-refractivity contribution in [3.8, 4) is 0 Å². The maximum absolute atomic E-state index is 11.4. The van der Waals surface area contributed by atoms with Gasteiger partial charge in [0.1, 0.15) is 0 Å². The molecule has 3 nitrogen and oxygen atoms in total. The van der Waals surface area contributed by atoms with Gasteiger partial charge in [-0.15, -0.1) is 0 Å². The van der Waals surface area contributed by atoms with Crippen molar-refractivity contribution >= 4 is 44.9 Å². The predicted molar refractivity (Wildman–Crippen MR) is 78.0 cm³/mol. The van der Waals surface area contributed by atoms with Crippen molar-refractivity contribution in [1.29, 1.82) is 0 Å². The number of thiocarbonyl (C=S) groups is 1. The van der Waals surface area contributed by atoms with Gasteiger partial charge >= 0.3 is 0 Å². The Kier molecular flexibility index (Phi) is 6.15. The molecule has 1 rings (SSSR count). The molecule has 0 bridgehead atoms. The summed E-state index contributed by atoms with van der Waals surface area (Å²) in [7, 11) is 0. The average molecular weight is 315 g/mol. The minimum atomic E-state index is -0.0403. The van der Waals surface area contributed by atoms with Crippen molar-refractivity contribution in [3.05, 3.63) is 28.7 Å². The Balaban J connectivity index is 2.39. The van der Waals surface area contributed by atoms with E-state index in [0.717, 1.165) is 23.0 Å². The van der Waals surface area contributed by atoms with Crippen molar-refractivity contribution in [2.75, 3.05) is 5.32 Å². The Morgan fingerprint density at radius 3 is 2.59 bits per heavy atom. The summed E-state index contributed by atoms with van der Waals surface area (Å²) < 4.78 is 1.00. The molecule has 0 aliphatic carbocycles. The molecule has 0 aromatic heterocycles. The summed E-state index contributed by atoms with van der Waals surface area (Å²) in [4.78, 5) is 11.4. The lowest BCUT2D eigenvalue weighted by molar-refractivity contribution is -0.119. The van der Waals surface area contributed by atoms with Gasteiger partial charge in [0.25, 0.3) is 0 Å². The average Bonchev–Trinajstić information content (AvgIpc) is 2.29. The van der Waals surface area contributed by atoms with Gasteiger partial charge in [0.2, 0.25) is 5.91 Å². The highest BCUT2D eigenvalue weighted by molar-refractivity contribution is 9.10. The minimum Gasteiger partial charge on any atom is -0.332 e. The predicted octanol–water partition coefficient (Wildman–Crippen LogP) is 3.45. The monoisotopic (exact) mass is 314 g/mol. The maximum Gasteiger partial charge on any atom is 0.226 e. The minimum absolute atomic E-state index is 0.0403. The summed E-state index contributed by atoms with van der Waals surface area (Å²) in [6, 6.07) is 7.58. The van der Waals surface area contributed by atoms with Crippen molar-refractivity contribution < 1.29 is 4.79 Å². The fourth-order valence-electron chi connectivity index (χ4n) is 1.22. The van der Waals surface area contributed by atoms with Gasteiger partial charge in [-0.05, 0) is 42.9 Å². The van der Waals surface area contributed by atoms with E-state index in [1.54, 1.807) is 0 Å². The normalized spacial score (nSPS) is 9.76. The molecule has 0 fully saturated rings. The van der Waals surface area contributed by atoms with E-state index in [4.69, 9.17) is 12.2 Å². The molecule has 92 valence electrons. The number of carbonyl (C=O) groups excluding carboxylic acids is 1. The summed E-state index contributed by atoms with van der Waals surface area (Å²) >= 11 is 8.39. The third-order valence-electron chi connectivity index (χ3n) is 2.11. The van der Waals surface area contributed by atoms with Crippen LogP contribution < -0.4 is 10.6 Å². The Morgan fingerprint density at radius 1 is 1.35 bits per heavy atom. The van der Waals surface area contributed by atoms with Crippen LogP contribution in [0.2, 0.25) is 0 Å². The van der Waals surface area contributed by atoms with Crippen LogP contribution in [0, 0.1) is 0 Å². The van der Waals surface area contributed by atoms with Crippen LogP contribution in [-0.4, -0.2) is 11.0 Å². The highest BCUT2D eigenvalue weighted by Gasteiger charge is 2.03. The summed E-state index contributed by atoms with van der Waals surface area (Å²) in [5, 5.41) is 5.94. The first kappa shape index (κ1) is 14.1. The zero-order valence-electron chi connectivity index (χ0n) is 9.63. The second kappa shape index (κ2) is 7.40. The number of nitrogens with one attached hydrogen (secondary N) is 2. The van der Waals surface area contributed by atoms with Crippen molar-refractivity contribution in [3.63, 3.8) is 0 Å². The fraction of sp³-hybridized carbons (Fsp3) is 0.333. The van der Waals surface area contributed by atoms with Gasteiger partial charge in [-0.25, -0.2) is 0 Å². The standard InChI is InChI=1S/C12H15BrN2OS/c1-2-3-4-11(16)15-12(17)14-10-7-5-9(13)6-8-10/h5-8H,2-4H2,1H3,(H2,14,15,16,17). The zero-order valence-corrected chi connectivity index (χ0v) is 12.0. The molecule has 1 aromatic rings. The molecule has 0 spiro atoms. The van der Waals surface area contributed by atoms with Crippen LogP contribution in [0.5, 0.6) is 0 Å².